The fourth-order valence-corrected chi connectivity index (χ4v) is 4.35. The summed E-state index contributed by atoms with van der Waals surface area (Å²) in [6.45, 7) is 10.6. The van der Waals surface area contributed by atoms with Crippen molar-refractivity contribution in [2.45, 2.75) is 71.8 Å². The van der Waals surface area contributed by atoms with Crippen molar-refractivity contribution in [2.24, 2.45) is 11.3 Å². The van der Waals surface area contributed by atoms with Crippen LogP contribution in [-0.4, -0.2) is 11.5 Å². The van der Waals surface area contributed by atoms with Crippen LogP contribution in [0.25, 0.3) is 0 Å². The van der Waals surface area contributed by atoms with Gasteiger partial charge in [0, 0.05) is 11.6 Å². The lowest BCUT2D eigenvalue weighted by Gasteiger charge is -2.44. The number of nitrogens with zero attached hydrogens (tertiary/aromatic N) is 1. The standard InChI is InChI=1S/C17H30N2S/c1-5-11-19-17(15-18-12-13-20-15)9-7-14(8-10-17)16(3,4)6-2/h12-14,19H,5-11H2,1-4H3. The fraction of sp³-hybridized carbons (Fsp3) is 0.824. The molecule has 1 saturated carbocycles. The smallest absolute Gasteiger partial charge is 0.113 e. The van der Waals surface area contributed by atoms with Gasteiger partial charge in [-0.15, -0.1) is 11.3 Å². The lowest BCUT2D eigenvalue weighted by atomic mass is 9.65. The summed E-state index contributed by atoms with van der Waals surface area (Å²) in [5.74, 6) is 0.865. The predicted octanol–water partition coefficient (Wildman–Crippen LogP) is 4.96. The second kappa shape index (κ2) is 6.57. The second-order valence-electron chi connectivity index (χ2n) is 6.96. The summed E-state index contributed by atoms with van der Waals surface area (Å²) in [4.78, 5) is 4.63. The van der Waals surface area contributed by atoms with Crippen molar-refractivity contribution in [2.75, 3.05) is 6.54 Å². The molecular weight excluding hydrogens is 264 g/mol. The van der Waals surface area contributed by atoms with E-state index in [4.69, 9.17) is 0 Å². The molecule has 1 aromatic rings. The van der Waals surface area contributed by atoms with E-state index in [0.29, 0.717) is 5.41 Å². The molecule has 2 nitrogen and oxygen atoms in total. The lowest BCUT2D eigenvalue weighted by Crippen LogP contribution is -2.47. The SMILES string of the molecule is CCCNC1(c2nccs2)CCC(C(C)(C)CC)CC1. The molecule has 1 N–H and O–H groups in total. The zero-order valence-electron chi connectivity index (χ0n) is 13.5. The number of nitrogens with one attached hydrogen (secondary N) is 1. The van der Waals surface area contributed by atoms with Crippen LogP contribution in [0.4, 0.5) is 0 Å². The van der Waals surface area contributed by atoms with E-state index in [0.717, 1.165) is 12.5 Å². The molecule has 0 radical (unpaired) electrons. The van der Waals surface area contributed by atoms with Crippen LogP contribution in [0.1, 0.15) is 71.2 Å². The van der Waals surface area contributed by atoms with Gasteiger partial charge in [0.25, 0.3) is 0 Å². The van der Waals surface area contributed by atoms with Gasteiger partial charge in [-0.3, -0.25) is 0 Å². The van der Waals surface area contributed by atoms with Crippen molar-refractivity contribution in [3.63, 3.8) is 0 Å². The molecule has 1 aromatic heterocycles. The number of hydrogen-bond acceptors (Lipinski definition) is 3. The first-order valence-electron chi connectivity index (χ1n) is 8.19. The van der Waals surface area contributed by atoms with Crippen molar-refractivity contribution < 1.29 is 0 Å². The van der Waals surface area contributed by atoms with Crippen LogP contribution in [0.5, 0.6) is 0 Å². The summed E-state index contributed by atoms with van der Waals surface area (Å²) in [5.41, 5.74) is 0.643. The van der Waals surface area contributed by atoms with Gasteiger partial charge in [-0.1, -0.05) is 34.1 Å². The number of aromatic nitrogens is 1. The highest BCUT2D eigenvalue weighted by Gasteiger charge is 2.41. The van der Waals surface area contributed by atoms with Crippen molar-refractivity contribution in [3.8, 4) is 0 Å². The van der Waals surface area contributed by atoms with Gasteiger partial charge in [0.05, 0.1) is 5.54 Å². The molecule has 0 atom stereocenters. The van der Waals surface area contributed by atoms with Gasteiger partial charge >= 0.3 is 0 Å². The zero-order chi connectivity index (χ0) is 14.6. The summed E-state index contributed by atoms with van der Waals surface area (Å²) in [6.07, 6.45) is 9.58. The van der Waals surface area contributed by atoms with Crippen LogP contribution in [0.15, 0.2) is 11.6 Å². The Morgan fingerprint density at radius 1 is 1.35 bits per heavy atom. The molecule has 0 spiro atoms. The highest BCUT2D eigenvalue weighted by Crippen LogP contribution is 2.47. The number of rotatable bonds is 6. The van der Waals surface area contributed by atoms with Crippen molar-refractivity contribution in [1.29, 1.82) is 0 Å². The monoisotopic (exact) mass is 294 g/mol. The average molecular weight is 295 g/mol. The van der Waals surface area contributed by atoms with Crippen molar-refractivity contribution in [3.05, 3.63) is 16.6 Å². The van der Waals surface area contributed by atoms with E-state index in [1.807, 2.05) is 17.5 Å². The molecule has 1 fully saturated rings. The molecule has 1 heterocycles. The molecule has 0 unspecified atom stereocenters. The zero-order valence-corrected chi connectivity index (χ0v) is 14.4. The largest absolute Gasteiger partial charge is 0.305 e. The van der Waals surface area contributed by atoms with Gasteiger partial charge in [-0.2, -0.15) is 0 Å². The maximum atomic E-state index is 4.63. The van der Waals surface area contributed by atoms with Crippen LogP contribution < -0.4 is 5.32 Å². The Bertz CT molecular complexity index is 389. The Balaban J connectivity index is 2.09. The minimum absolute atomic E-state index is 0.157. The minimum atomic E-state index is 0.157. The Labute approximate surface area is 128 Å². The molecule has 114 valence electrons. The van der Waals surface area contributed by atoms with E-state index in [1.54, 1.807) is 0 Å². The third-order valence-corrected chi connectivity index (χ3v) is 6.39. The Hall–Kier alpha value is -0.410. The highest BCUT2D eigenvalue weighted by molar-refractivity contribution is 7.09. The molecule has 20 heavy (non-hydrogen) atoms. The van der Waals surface area contributed by atoms with E-state index in [2.05, 4.69) is 43.4 Å². The summed E-state index contributed by atoms with van der Waals surface area (Å²) < 4.78 is 0. The van der Waals surface area contributed by atoms with E-state index in [-0.39, 0.29) is 5.54 Å². The van der Waals surface area contributed by atoms with E-state index in [1.165, 1.54) is 43.5 Å². The summed E-state index contributed by atoms with van der Waals surface area (Å²) in [6, 6.07) is 0. The van der Waals surface area contributed by atoms with Crippen molar-refractivity contribution >= 4 is 11.3 Å². The van der Waals surface area contributed by atoms with Gasteiger partial charge < -0.3 is 5.32 Å². The lowest BCUT2D eigenvalue weighted by molar-refractivity contribution is 0.0976. The van der Waals surface area contributed by atoms with E-state index < -0.39 is 0 Å². The number of hydrogen-bond donors (Lipinski definition) is 1. The summed E-state index contributed by atoms with van der Waals surface area (Å²) in [5, 5.41) is 7.25. The normalized spacial score (nSPS) is 27.7. The van der Waals surface area contributed by atoms with Crippen molar-refractivity contribution in [1.82, 2.24) is 10.3 Å². The molecule has 0 amide bonds. The van der Waals surface area contributed by atoms with Gasteiger partial charge in [0.15, 0.2) is 0 Å². The third-order valence-electron chi connectivity index (χ3n) is 5.41. The molecular formula is C17H30N2S. The molecule has 1 aliphatic rings. The Kier molecular flexibility index (Phi) is 5.25. The Morgan fingerprint density at radius 2 is 2.05 bits per heavy atom. The first kappa shape index (κ1) is 16.0. The van der Waals surface area contributed by atoms with Gasteiger partial charge in [0.2, 0.25) is 0 Å². The van der Waals surface area contributed by atoms with E-state index >= 15 is 0 Å². The molecule has 1 aliphatic carbocycles. The fourth-order valence-electron chi connectivity index (χ4n) is 3.47. The second-order valence-corrected chi connectivity index (χ2v) is 7.86. The van der Waals surface area contributed by atoms with Crippen LogP contribution >= 0.6 is 11.3 Å². The maximum Gasteiger partial charge on any atom is 0.113 e. The summed E-state index contributed by atoms with van der Waals surface area (Å²) >= 11 is 1.82. The van der Waals surface area contributed by atoms with Crippen LogP contribution in [0, 0.1) is 11.3 Å². The topological polar surface area (TPSA) is 24.9 Å². The third kappa shape index (κ3) is 3.25. The highest BCUT2D eigenvalue weighted by atomic mass is 32.1. The molecule has 3 heteroatoms. The first-order chi connectivity index (χ1) is 9.54. The molecule has 0 aliphatic heterocycles. The average Bonchev–Trinajstić information content (AvgIpc) is 3.00. The molecule has 2 rings (SSSR count). The van der Waals surface area contributed by atoms with Crippen LogP contribution in [0.2, 0.25) is 0 Å². The van der Waals surface area contributed by atoms with Gasteiger partial charge in [0.1, 0.15) is 5.01 Å². The summed E-state index contributed by atoms with van der Waals surface area (Å²) in [7, 11) is 0. The predicted molar refractivity (Wildman–Crippen MR) is 88.1 cm³/mol. The first-order valence-corrected chi connectivity index (χ1v) is 9.07. The number of thiazole rings is 1. The maximum absolute atomic E-state index is 4.63. The van der Waals surface area contributed by atoms with Gasteiger partial charge in [-0.05, 0) is 50.0 Å². The minimum Gasteiger partial charge on any atom is -0.305 e. The molecule has 0 saturated heterocycles. The molecule has 0 aromatic carbocycles. The molecule has 0 bridgehead atoms. The van der Waals surface area contributed by atoms with E-state index in [9.17, 15) is 0 Å². The van der Waals surface area contributed by atoms with Crippen LogP contribution in [-0.2, 0) is 5.54 Å². The Morgan fingerprint density at radius 3 is 2.55 bits per heavy atom. The quantitative estimate of drug-likeness (QED) is 0.801. The van der Waals surface area contributed by atoms with Crippen LogP contribution in [0.3, 0.4) is 0 Å². The van der Waals surface area contributed by atoms with Gasteiger partial charge in [-0.25, -0.2) is 4.98 Å².